The van der Waals surface area contributed by atoms with Gasteiger partial charge in [-0.05, 0) is 12.1 Å². The fourth-order valence-corrected chi connectivity index (χ4v) is 1.90. The van der Waals surface area contributed by atoms with Gasteiger partial charge in [-0.2, -0.15) is 0 Å². The van der Waals surface area contributed by atoms with E-state index in [1.54, 1.807) is 0 Å². The average molecular weight is 304 g/mol. The number of nitrogens with zero attached hydrogens (tertiary/aromatic N) is 2. The van der Waals surface area contributed by atoms with Crippen molar-refractivity contribution in [1.29, 1.82) is 0 Å². The summed E-state index contributed by atoms with van der Waals surface area (Å²) < 4.78 is 0. The standard InChI is InChI=1S/C11H5Cl3N2O2/c12-7-2-9(14)8(13)1-6(7)10-15-3-5(4-16-10)11(17)18/h1-4H,(H,17,18). The van der Waals surface area contributed by atoms with Crippen LogP contribution in [0.3, 0.4) is 0 Å². The Balaban J connectivity index is 2.49. The van der Waals surface area contributed by atoms with Crippen molar-refractivity contribution in [2.45, 2.75) is 0 Å². The summed E-state index contributed by atoms with van der Waals surface area (Å²) in [5, 5.41) is 9.72. The monoisotopic (exact) mass is 302 g/mol. The summed E-state index contributed by atoms with van der Waals surface area (Å²) in [6.45, 7) is 0. The molecule has 92 valence electrons. The van der Waals surface area contributed by atoms with Gasteiger partial charge in [0.2, 0.25) is 0 Å². The van der Waals surface area contributed by atoms with E-state index in [2.05, 4.69) is 9.97 Å². The maximum Gasteiger partial charge on any atom is 0.338 e. The lowest BCUT2D eigenvalue weighted by molar-refractivity contribution is 0.0696. The SMILES string of the molecule is O=C(O)c1cnc(-c2cc(Cl)c(Cl)cc2Cl)nc1. The molecule has 1 aromatic carbocycles. The van der Waals surface area contributed by atoms with Crippen LogP contribution in [0.15, 0.2) is 24.5 Å². The third-order valence-electron chi connectivity index (χ3n) is 2.15. The molecule has 0 radical (unpaired) electrons. The Morgan fingerprint density at radius 2 is 1.56 bits per heavy atom. The number of carboxylic acids is 1. The van der Waals surface area contributed by atoms with Crippen LogP contribution in [0.4, 0.5) is 0 Å². The summed E-state index contributed by atoms with van der Waals surface area (Å²) >= 11 is 17.7. The molecule has 0 spiro atoms. The molecule has 7 heteroatoms. The number of rotatable bonds is 2. The molecule has 1 N–H and O–H groups in total. The highest BCUT2D eigenvalue weighted by molar-refractivity contribution is 6.44. The van der Waals surface area contributed by atoms with Gasteiger partial charge >= 0.3 is 5.97 Å². The highest BCUT2D eigenvalue weighted by Gasteiger charge is 2.11. The Kier molecular flexibility index (Phi) is 3.71. The van der Waals surface area contributed by atoms with E-state index in [-0.39, 0.29) is 11.4 Å². The predicted octanol–water partition coefficient (Wildman–Crippen LogP) is 3.80. The number of carbonyl (C=O) groups is 1. The van der Waals surface area contributed by atoms with E-state index in [4.69, 9.17) is 39.9 Å². The van der Waals surface area contributed by atoms with Crippen LogP contribution in [0.1, 0.15) is 10.4 Å². The number of aromatic carboxylic acids is 1. The highest BCUT2D eigenvalue weighted by Crippen LogP contribution is 2.33. The van der Waals surface area contributed by atoms with Gasteiger partial charge in [-0.3, -0.25) is 0 Å². The van der Waals surface area contributed by atoms with E-state index in [0.29, 0.717) is 20.6 Å². The van der Waals surface area contributed by atoms with Crippen LogP contribution in [0.2, 0.25) is 15.1 Å². The lowest BCUT2D eigenvalue weighted by atomic mass is 10.2. The Hall–Kier alpha value is -1.36. The fraction of sp³-hybridized carbons (Fsp3) is 0. The molecular weight excluding hydrogens is 298 g/mol. The molecule has 1 heterocycles. The van der Waals surface area contributed by atoms with Gasteiger partial charge in [-0.25, -0.2) is 14.8 Å². The van der Waals surface area contributed by atoms with Gasteiger partial charge in [0.05, 0.1) is 20.6 Å². The van der Waals surface area contributed by atoms with Crippen LogP contribution in [-0.4, -0.2) is 21.0 Å². The van der Waals surface area contributed by atoms with Crippen LogP contribution < -0.4 is 0 Å². The Labute approximate surface area is 117 Å². The van der Waals surface area contributed by atoms with Crippen molar-refractivity contribution in [2.24, 2.45) is 0 Å². The van der Waals surface area contributed by atoms with Crippen molar-refractivity contribution in [1.82, 2.24) is 9.97 Å². The molecule has 18 heavy (non-hydrogen) atoms. The molecule has 2 aromatic rings. The van der Waals surface area contributed by atoms with Crippen molar-refractivity contribution >= 4 is 40.8 Å². The third kappa shape index (κ3) is 2.56. The second-order valence-electron chi connectivity index (χ2n) is 3.35. The number of hydrogen-bond donors (Lipinski definition) is 1. The molecule has 0 unspecified atom stereocenters. The number of halogens is 3. The molecule has 4 nitrogen and oxygen atoms in total. The Morgan fingerprint density at radius 3 is 2.11 bits per heavy atom. The molecule has 0 saturated carbocycles. The molecule has 2 rings (SSSR count). The quantitative estimate of drug-likeness (QED) is 0.857. The summed E-state index contributed by atoms with van der Waals surface area (Å²) in [7, 11) is 0. The lowest BCUT2D eigenvalue weighted by Crippen LogP contribution is -1.99. The molecule has 0 bridgehead atoms. The second kappa shape index (κ2) is 5.10. The summed E-state index contributed by atoms with van der Waals surface area (Å²) in [6, 6.07) is 3.01. The maximum absolute atomic E-state index is 10.7. The van der Waals surface area contributed by atoms with Crippen LogP contribution in [0.25, 0.3) is 11.4 Å². The van der Waals surface area contributed by atoms with Gasteiger partial charge in [0.25, 0.3) is 0 Å². The van der Waals surface area contributed by atoms with Crippen LogP contribution in [-0.2, 0) is 0 Å². The van der Waals surface area contributed by atoms with Gasteiger partial charge < -0.3 is 5.11 Å². The number of benzene rings is 1. The smallest absolute Gasteiger partial charge is 0.338 e. The molecule has 0 saturated heterocycles. The van der Waals surface area contributed by atoms with Crippen molar-refractivity contribution in [3.63, 3.8) is 0 Å². The van der Waals surface area contributed by atoms with Crippen molar-refractivity contribution < 1.29 is 9.90 Å². The minimum absolute atomic E-state index is 0.00469. The topological polar surface area (TPSA) is 63.1 Å². The van der Waals surface area contributed by atoms with Crippen LogP contribution in [0.5, 0.6) is 0 Å². The van der Waals surface area contributed by atoms with E-state index in [0.717, 1.165) is 0 Å². The molecule has 0 aliphatic carbocycles. The number of carboxylic acid groups (broad SMARTS) is 1. The van der Waals surface area contributed by atoms with Crippen molar-refractivity contribution in [3.8, 4) is 11.4 Å². The van der Waals surface area contributed by atoms with E-state index in [9.17, 15) is 4.79 Å². The van der Waals surface area contributed by atoms with Crippen LogP contribution >= 0.6 is 34.8 Å². The van der Waals surface area contributed by atoms with E-state index in [1.165, 1.54) is 24.5 Å². The minimum Gasteiger partial charge on any atom is -0.478 e. The van der Waals surface area contributed by atoms with Gasteiger partial charge in [0.15, 0.2) is 5.82 Å². The zero-order valence-corrected chi connectivity index (χ0v) is 11.0. The predicted molar refractivity (Wildman–Crippen MR) is 69.5 cm³/mol. The summed E-state index contributed by atoms with van der Waals surface area (Å²) in [5.74, 6) is -0.814. The Morgan fingerprint density at radius 1 is 1.00 bits per heavy atom. The first kappa shape index (κ1) is 13.1. The zero-order valence-electron chi connectivity index (χ0n) is 8.69. The lowest BCUT2D eigenvalue weighted by Gasteiger charge is -2.05. The fourth-order valence-electron chi connectivity index (χ4n) is 1.27. The first-order valence-corrected chi connectivity index (χ1v) is 5.82. The Bertz CT molecular complexity index is 614. The summed E-state index contributed by atoms with van der Waals surface area (Å²) in [6.07, 6.45) is 2.40. The largest absolute Gasteiger partial charge is 0.478 e. The maximum atomic E-state index is 10.7. The zero-order chi connectivity index (χ0) is 13.3. The van der Waals surface area contributed by atoms with Gasteiger partial charge in [0.1, 0.15) is 0 Å². The van der Waals surface area contributed by atoms with E-state index < -0.39 is 5.97 Å². The van der Waals surface area contributed by atoms with Gasteiger partial charge in [-0.15, -0.1) is 0 Å². The van der Waals surface area contributed by atoms with Crippen molar-refractivity contribution in [2.75, 3.05) is 0 Å². The second-order valence-corrected chi connectivity index (χ2v) is 4.57. The minimum atomic E-state index is -1.10. The normalized spacial score (nSPS) is 10.4. The van der Waals surface area contributed by atoms with Gasteiger partial charge in [0, 0.05) is 18.0 Å². The number of aromatic nitrogens is 2. The van der Waals surface area contributed by atoms with Crippen molar-refractivity contribution in [3.05, 3.63) is 45.2 Å². The summed E-state index contributed by atoms with van der Waals surface area (Å²) in [4.78, 5) is 18.5. The first-order valence-electron chi connectivity index (χ1n) is 4.69. The molecule has 0 fully saturated rings. The molecular formula is C11H5Cl3N2O2. The average Bonchev–Trinajstić information content (AvgIpc) is 2.34. The van der Waals surface area contributed by atoms with Gasteiger partial charge in [-0.1, -0.05) is 34.8 Å². The summed E-state index contributed by atoms with van der Waals surface area (Å²) in [5.41, 5.74) is 0.484. The molecule has 0 amide bonds. The van der Waals surface area contributed by atoms with E-state index >= 15 is 0 Å². The third-order valence-corrected chi connectivity index (χ3v) is 3.18. The van der Waals surface area contributed by atoms with E-state index in [1.807, 2.05) is 0 Å². The molecule has 0 aliphatic heterocycles. The molecule has 0 atom stereocenters. The first-order chi connectivity index (χ1) is 8.49. The van der Waals surface area contributed by atoms with Crippen LogP contribution in [0, 0.1) is 0 Å². The molecule has 1 aromatic heterocycles. The molecule has 0 aliphatic rings. The highest BCUT2D eigenvalue weighted by atomic mass is 35.5. The number of hydrogen-bond acceptors (Lipinski definition) is 3.